The lowest BCUT2D eigenvalue weighted by Crippen LogP contribution is -2.66. The van der Waals surface area contributed by atoms with E-state index in [-0.39, 0.29) is 46.3 Å². The third kappa shape index (κ3) is 6.20. The molecule has 3 heterocycles. The molecule has 9 unspecified atom stereocenters. The number of β-amino-alcohol motifs (C(OH)–C–C–N with tert-alkyl or cyclic N) is 1. The highest BCUT2D eigenvalue weighted by atomic mass is 35.5. The number of halogens is 1. The molecule has 4 rings (SSSR count). The van der Waals surface area contributed by atoms with Gasteiger partial charge in [-0.1, -0.05) is 20.3 Å². The van der Waals surface area contributed by atoms with Crippen molar-refractivity contribution in [1.29, 1.82) is 0 Å². The molecular formula is C28H54ClN7O2. The smallest absolute Gasteiger partial charge is 0.227 e. The number of rotatable bonds is 9. The van der Waals surface area contributed by atoms with Crippen molar-refractivity contribution in [2.45, 2.75) is 107 Å². The number of aliphatic hydroxyl groups is 1. The minimum Gasteiger partial charge on any atom is -0.390 e. The molecule has 220 valence electrons. The van der Waals surface area contributed by atoms with Crippen LogP contribution in [0.4, 0.5) is 0 Å². The third-order valence-corrected chi connectivity index (χ3v) is 10.8. The van der Waals surface area contributed by atoms with Crippen LogP contribution in [0.25, 0.3) is 0 Å². The number of fused-ring (bicyclic) bond motifs is 1. The lowest BCUT2D eigenvalue weighted by Gasteiger charge is -2.46. The maximum Gasteiger partial charge on any atom is 0.227 e. The molecule has 10 heteroatoms. The first-order valence-electron chi connectivity index (χ1n) is 15.0. The van der Waals surface area contributed by atoms with Crippen LogP contribution in [0.15, 0.2) is 0 Å². The fraction of sp³-hybridized carbons (Fsp3) is 0.964. The number of carbonyl (C=O) groups excluding carboxylic acids is 1. The molecule has 9 nitrogen and oxygen atoms in total. The normalized spacial score (nSPS) is 41.3. The van der Waals surface area contributed by atoms with Crippen molar-refractivity contribution in [2.75, 3.05) is 46.8 Å². The van der Waals surface area contributed by atoms with E-state index in [0.717, 1.165) is 51.6 Å². The summed E-state index contributed by atoms with van der Waals surface area (Å²) in [6, 6.07) is 0.177. The van der Waals surface area contributed by atoms with Gasteiger partial charge in [0.2, 0.25) is 5.91 Å². The summed E-state index contributed by atoms with van der Waals surface area (Å²) in [4.78, 5) is 18.4. The molecule has 0 aromatic carbocycles. The molecule has 3 saturated heterocycles. The molecule has 0 aromatic rings. The third-order valence-electron chi connectivity index (χ3n) is 10.5. The first-order chi connectivity index (χ1) is 18.1. The number of carbonyl (C=O) groups is 1. The second-order valence-electron chi connectivity index (χ2n) is 13.0. The van der Waals surface area contributed by atoms with Gasteiger partial charge in [-0.15, -0.1) is 11.6 Å². The van der Waals surface area contributed by atoms with Gasteiger partial charge in [0.25, 0.3) is 0 Å². The molecule has 1 amide bonds. The number of likely N-dealkylation sites (tertiary alicyclic amines) is 1. The zero-order valence-corrected chi connectivity index (χ0v) is 24.8. The van der Waals surface area contributed by atoms with Crippen molar-refractivity contribution in [3.63, 3.8) is 0 Å². The lowest BCUT2D eigenvalue weighted by atomic mass is 9.75. The van der Waals surface area contributed by atoms with Gasteiger partial charge in [0.05, 0.1) is 24.2 Å². The maximum absolute atomic E-state index is 13.9. The zero-order chi connectivity index (χ0) is 27.7. The van der Waals surface area contributed by atoms with Gasteiger partial charge in [0.15, 0.2) is 0 Å². The second kappa shape index (κ2) is 12.6. The van der Waals surface area contributed by atoms with E-state index >= 15 is 0 Å². The van der Waals surface area contributed by atoms with Gasteiger partial charge >= 0.3 is 0 Å². The predicted molar refractivity (Wildman–Crippen MR) is 154 cm³/mol. The van der Waals surface area contributed by atoms with Crippen molar-refractivity contribution >= 4 is 17.5 Å². The quantitative estimate of drug-likeness (QED) is 0.180. The highest BCUT2D eigenvalue weighted by Gasteiger charge is 2.66. The van der Waals surface area contributed by atoms with Gasteiger partial charge in [-0.2, -0.15) is 0 Å². The average Bonchev–Trinajstić information content (AvgIpc) is 3.45. The highest BCUT2D eigenvalue weighted by molar-refractivity contribution is 6.20. The molecular weight excluding hydrogens is 502 g/mol. The van der Waals surface area contributed by atoms with Crippen molar-refractivity contribution in [2.24, 2.45) is 28.2 Å². The number of hydrogen-bond acceptors (Lipinski definition) is 8. The van der Waals surface area contributed by atoms with E-state index in [9.17, 15) is 9.90 Å². The molecule has 4 aliphatic rings. The first-order valence-corrected chi connectivity index (χ1v) is 15.5. The van der Waals surface area contributed by atoms with Crippen LogP contribution in [0.5, 0.6) is 0 Å². The fourth-order valence-corrected chi connectivity index (χ4v) is 8.85. The molecule has 0 radical (unpaired) electrons. The molecule has 0 bridgehead atoms. The Morgan fingerprint density at radius 2 is 1.97 bits per heavy atom. The fourth-order valence-electron chi connectivity index (χ4n) is 8.46. The predicted octanol–water partition coefficient (Wildman–Crippen LogP) is 0.636. The molecule has 4 fully saturated rings. The number of aliphatic hydroxyl groups excluding tert-OH is 1. The van der Waals surface area contributed by atoms with E-state index in [0.29, 0.717) is 19.6 Å². The Labute approximate surface area is 235 Å². The van der Waals surface area contributed by atoms with E-state index in [1.165, 1.54) is 12.8 Å². The van der Waals surface area contributed by atoms with Crippen LogP contribution in [0.1, 0.15) is 65.2 Å². The van der Waals surface area contributed by atoms with Crippen LogP contribution in [-0.2, 0) is 4.79 Å². The van der Waals surface area contributed by atoms with Gasteiger partial charge in [0, 0.05) is 49.7 Å². The Hall–Kier alpha value is -0.520. The van der Waals surface area contributed by atoms with E-state index in [2.05, 4.69) is 39.6 Å². The van der Waals surface area contributed by atoms with Gasteiger partial charge in [0.1, 0.15) is 0 Å². The number of nitrogens with one attached hydrogen (secondary N) is 3. The molecule has 3 aliphatic heterocycles. The summed E-state index contributed by atoms with van der Waals surface area (Å²) in [6.07, 6.45) is 7.24. The Balaban J connectivity index is 1.47. The summed E-state index contributed by atoms with van der Waals surface area (Å²) >= 11 is 6.83. The number of piperidine rings is 2. The van der Waals surface area contributed by atoms with Gasteiger partial charge in [-0.25, -0.2) is 0 Å². The van der Waals surface area contributed by atoms with Gasteiger partial charge in [-0.3, -0.25) is 9.69 Å². The molecule has 9 atom stereocenters. The number of nitrogens with zero attached hydrogens (tertiary/aromatic N) is 2. The van der Waals surface area contributed by atoms with E-state index in [1.54, 1.807) is 0 Å². The number of alkyl halides is 1. The van der Waals surface area contributed by atoms with Gasteiger partial charge < -0.3 is 37.4 Å². The molecule has 0 aromatic heterocycles. The Kier molecular flexibility index (Phi) is 10.1. The zero-order valence-electron chi connectivity index (χ0n) is 24.1. The van der Waals surface area contributed by atoms with Crippen LogP contribution in [0, 0.1) is 16.7 Å². The lowest BCUT2D eigenvalue weighted by molar-refractivity contribution is -0.128. The first kappa shape index (κ1) is 30.4. The van der Waals surface area contributed by atoms with Gasteiger partial charge in [-0.05, 0) is 76.4 Å². The van der Waals surface area contributed by atoms with Crippen LogP contribution >= 0.6 is 11.6 Å². The Morgan fingerprint density at radius 3 is 2.61 bits per heavy atom. The molecule has 38 heavy (non-hydrogen) atoms. The van der Waals surface area contributed by atoms with E-state index in [4.69, 9.17) is 23.1 Å². The SMILES string of the molecule is CCCC12CC(Cl)CNC(C(C(=O)NC3CNCCC3N3CCC(N(C)C)C(O)C3)C(N)N)CC1(CC)C2. The van der Waals surface area contributed by atoms with Crippen LogP contribution in [0.2, 0.25) is 0 Å². The van der Waals surface area contributed by atoms with Crippen LogP contribution in [-0.4, -0.2) is 109 Å². The number of hydrogen-bond donors (Lipinski definition) is 6. The summed E-state index contributed by atoms with van der Waals surface area (Å²) in [7, 11) is 4.06. The molecule has 1 aliphatic carbocycles. The maximum atomic E-state index is 13.9. The second-order valence-corrected chi connectivity index (χ2v) is 13.6. The summed E-state index contributed by atoms with van der Waals surface area (Å²) in [6.45, 7) is 8.35. The van der Waals surface area contributed by atoms with Crippen molar-refractivity contribution in [1.82, 2.24) is 25.8 Å². The summed E-state index contributed by atoms with van der Waals surface area (Å²) in [5, 5.41) is 21.3. The minimum absolute atomic E-state index is 0.0407. The van der Waals surface area contributed by atoms with Crippen LogP contribution in [0.3, 0.4) is 0 Å². The molecule has 1 saturated carbocycles. The average molecular weight is 556 g/mol. The number of likely N-dealkylation sites (N-methyl/N-ethyl adjacent to an activating group) is 1. The minimum atomic E-state index is -0.762. The number of amides is 1. The van der Waals surface area contributed by atoms with Crippen molar-refractivity contribution < 1.29 is 9.90 Å². The van der Waals surface area contributed by atoms with Crippen molar-refractivity contribution in [3.8, 4) is 0 Å². The van der Waals surface area contributed by atoms with E-state index in [1.807, 2.05) is 14.1 Å². The molecule has 0 spiro atoms. The summed E-state index contributed by atoms with van der Waals surface area (Å²) in [5.74, 6) is -0.604. The largest absolute Gasteiger partial charge is 0.390 e. The Bertz CT molecular complexity index is 803. The number of nitrogens with two attached hydrogens (primary N) is 2. The topological polar surface area (TPSA) is 132 Å². The monoisotopic (exact) mass is 555 g/mol. The summed E-state index contributed by atoms with van der Waals surface area (Å²) < 4.78 is 0. The highest BCUT2D eigenvalue weighted by Crippen LogP contribution is 2.73. The van der Waals surface area contributed by atoms with Crippen LogP contribution < -0.4 is 27.4 Å². The summed E-state index contributed by atoms with van der Waals surface area (Å²) in [5.41, 5.74) is 13.2. The van der Waals surface area contributed by atoms with Crippen molar-refractivity contribution in [3.05, 3.63) is 0 Å². The van der Waals surface area contributed by atoms with E-state index < -0.39 is 18.2 Å². The standard InChI is InChI=1S/C28H54ClN7O2/c1-5-9-28-12-18(29)14-33-19(13-27(28,6-2)17-28)24(25(30)31)26(38)34-20-15-32-10-7-21(20)36-11-8-22(35(3)4)23(37)16-36/h18-25,32-33,37H,5-17,30-31H2,1-4H3,(H,34,38). The molecule has 8 N–H and O–H groups in total. The Morgan fingerprint density at radius 1 is 1.21 bits per heavy atom.